The van der Waals surface area contributed by atoms with Gasteiger partial charge in [0.15, 0.2) is 0 Å². The van der Waals surface area contributed by atoms with E-state index in [1.807, 2.05) is 18.2 Å². The van der Waals surface area contributed by atoms with E-state index >= 15 is 0 Å². The van der Waals surface area contributed by atoms with Crippen molar-refractivity contribution in [2.75, 3.05) is 13.1 Å². The Hall–Kier alpha value is -0.740. The summed E-state index contributed by atoms with van der Waals surface area (Å²) in [4.78, 5) is 1.18. The van der Waals surface area contributed by atoms with E-state index in [9.17, 15) is 4.39 Å². The molecule has 1 aliphatic rings. The topological polar surface area (TPSA) is 12.0 Å². The first-order valence-corrected chi connectivity index (χ1v) is 8.84. The van der Waals surface area contributed by atoms with Crippen LogP contribution in [0.15, 0.2) is 41.3 Å². The first-order valence-electron chi connectivity index (χ1n) is 7.58. The Labute approximate surface area is 152 Å². The zero-order valence-electron chi connectivity index (χ0n) is 12.9. The van der Waals surface area contributed by atoms with E-state index in [-0.39, 0.29) is 23.5 Å². The Morgan fingerprint density at radius 2 is 1.78 bits per heavy atom. The molecule has 0 fully saturated rings. The molecule has 124 valence electrons. The standard InChI is InChI=1S/C18H19ClFNS.ClH/c1-12(13-2-5-15(20)6-3-13)22-18-16-9-11-21-10-8-14(16)4-7-17(18)19;/h2-7,12,21H,8-11H2,1H3;1H. The number of halogens is 3. The highest BCUT2D eigenvalue weighted by molar-refractivity contribution is 7.99. The molecule has 3 rings (SSSR count). The number of fused-ring (bicyclic) bond motifs is 1. The molecule has 0 bridgehead atoms. The van der Waals surface area contributed by atoms with Crippen LogP contribution in [0.5, 0.6) is 0 Å². The molecule has 1 atom stereocenters. The van der Waals surface area contributed by atoms with Crippen LogP contribution in [0.3, 0.4) is 0 Å². The van der Waals surface area contributed by atoms with Crippen LogP contribution in [-0.2, 0) is 12.8 Å². The quantitative estimate of drug-likeness (QED) is 0.720. The van der Waals surface area contributed by atoms with Crippen LogP contribution in [0.1, 0.15) is 28.9 Å². The van der Waals surface area contributed by atoms with E-state index in [1.165, 1.54) is 28.2 Å². The van der Waals surface area contributed by atoms with E-state index in [1.54, 1.807) is 11.8 Å². The Morgan fingerprint density at radius 3 is 2.52 bits per heavy atom. The lowest BCUT2D eigenvalue weighted by Crippen LogP contribution is -2.16. The summed E-state index contributed by atoms with van der Waals surface area (Å²) in [5.41, 5.74) is 3.88. The van der Waals surface area contributed by atoms with Gasteiger partial charge in [0.25, 0.3) is 0 Å². The average molecular weight is 372 g/mol. The van der Waals surface area contributed by atoms with E-state index in [4.69, 9.17) is 11.6 Å². The third-order valence-corrected chi connectivity index (χ3v) is 5.82. The molecule has 2 aromatic carbocycles. The zero-order valence-corrected chi connectivity index (χ0v) is 15.3. The van der Waals surface area contributed by atoms with Gasteiger partial charge in [0.1, 0.15) is 5.82 Å². The molecule has 0 spiro atoms. The van der Waals surface area contributed by atoms with Crippen molar-refractivity contribution in [1.29, 1.82) is 0 Å². The van der Waals surface area contributed by atoms with Gasteiger partial charge in [-0.25, -0.2) is 4.39 Å². The second-order valence-electron chi connectivity index (χ2n) is 5.58. The summed E-state index contributed by atoms with van der Waals surface area (Å²) in [6, 6.07) is 10.9. The maximum Gasteiger partial charge on any atom is 0.123 e. The molecule has 0 saturated heterocycles. The smallest absolute Gasteiger partial charge is 0.123 e. The first-order chi connectivity index (χ1) is 10.6. The Morgan fingerprint density at radius 1 is 1.09 bits per heavy atom. The van der Waals surface area contributed by atoms with Crippen LogP contribution in [0.25, 0.3) is 0 Å². The summed E-state index contributed by atoms with van der Waals surface area (Å²) in [5, 5.41) is 4.49. The van der Waals surface area contributed by atoms with Crippen molar-refractivity contribution in [2.24, 2.45) is 0 Å². The van der Waals surface area contributed by atoms with Crippen LogP contribution in [-0.4, -0.2) is 13.1 Å². The van der Waals surface area contributed by atoms with Gasteiger partial charge in [-0.1, -0.05) is 29.8 Å². The van der Waals surface area contributed by atoms with E-state index in [0.29, 0.717) is 0 Å². The lowest BCUT2D eigenvalue weighted by Gasteiger charge is -2.18. The van der Waals surface area contributed by atoms with Gasteiger partial charge in [0.05, 0.1) is 5.02 Å². The fourth-order valence-electron chi connectivity index (χ4n) is 2.82. The molecule has 2 aromatic rings. The van der Waals surface area contributed by atoms with E-state index in [2.05, 4.69) is 18.3 Å². The number of hydrogen-bond donors (Lipinski definition) is 1. The van der Waals surface area contributed by atoms with Gasteiger partial charge in [0.2, 0.25) is 0 Å². The fourth-order valence-corrected chi connectivity index (χ4v) is 4.33. The fraction of sp³-hybridized carbons (Fsp3) is 0.333. The normalized spacial score (nSPS) is 15.3. The molecule has 1 nitrogen and oxygen atoms in total. The highest BCUT2D eigenvalue weighted by Gasteiger charge is 2.18. The van der Waals surface area contributed by atoms with Gasteiger partial charge < -0.3 is 5.32 Å². The molecule has 0 aromatic heterocycles. The summed E-state index contributed by atoms with van der Waals surface area (Å²) < 4.78 is 13.1. The van der Waals surface area contributed by atoms with Crippen molar-refractivity contribution in [3.8, 4) is 0 Å². The molecule has 0 amide bonds. The van der Waals surface area contributed by atoms with Crippen LogP contribution >= 0.6 is 35.8 Å². The van der Waals surface area contributed by atoms with Crippen molar-refractivity contribution in [1.82, 2.24) is 5.32 Å². The summed E-state index contributed by atoms with van der Waals surface area (Å²) in [6.07, 6.45) is 2.05. The number of nitrogens with one attached hydrogen (secondary N) is 1. The second kappa shape index (κ2) is 8.39. The SMILES string of the molecule is CC(Sc1c(Cl)ccc2c1CCNCC2)c1ccc(F)cc1.Cl. The van der Waals surface area contributed by atoms with Crippen molar-refractivity contribution in [3.63, 3.8) is 0 Å². The Balaban J connectivity index is 0.00000192. The van der Waals surface area contributed by atoms with Crippen molar-refractivity contribution in [3.05, 3.63) is 63.9 Å². The van der Waals surface area contributed by atoms with Crippen molar-refractivity contribution >= 4 is 35.8 Å². The van der Waals surface area contributed by atoms with Gasteiger partial charge in [-0.05, 0) is 67.7 Å². The molecule has 0 radical (unpaired) electrons. The first kappa shape index (κ1) is 18.6. The van der Waals surface area contributed by atoms with Gasteiger partial charge in [-0.15, -0.1) is 24.2 Å². The molecule has 0 aliphatic carbocycles. The Bertz CT molecular complexity index is 661. The molecule has 1 aliphatic heterocycles. The largest absolute Gasteiger partial charge is 0.316 e. The highest BCUT2D eigenvalue weighted by Crippen LogP contribution is 2.42. The number of rotatable bonds is 3. The summed E-state index contributed by atoms with van der Waals surface area (Å²) in [5.74, 6) is -0.196. The van der Waals surface area contributed by atoms with Gasteiger partial charge in [-0.2, -0.15) is 0 Å². The van der Waals surface area contributed by atoms with E-state index in [0.717, 1.165) is 36.5 Å². The van der Waals surface area contributed by atoms with Gasteiger partial charge >= 0.3 is 0 Å². The van der Waals surface area contributed by atoms with Crippen LogP contribution < -0.4 is 5.32 Å². The average Bonchev–Trinajstić information content (AvgIpc) is 2.76. The van der Waals surface area contributed by atoms with Gasteiger partial charge in [0, 0.05) is 10.1 Å². The molecule has 1 unspecified atom stereocenters. The lowest BCUT2D eigenvalue weighted by atomic mass is 10.0. The minimum absolute atomic E-state index is 0. The molecular formula is C18H20Cl2FNS. The third kappa shape index (κ3) is 4.42. The molecule has 5 heteroatoms. The second-order valence-corrected chi connectivity index (χ2v) is 7.33. The molecule has 1 heterocycles. The molecule has 23 heavy (non-hydrogen) atoms. The number of thioether (sulfide) groups is 1. The number of hydrogen-bond acceptors (Lipinski definition) is 2. The highest BCUT2D eigenvalue weighted by atomic mass is 35.5. The third-order valence-electron chi connectivity index (χ3n) is 4.07. The lowest BCUT2D eigenvalue weighted by molar-refractivity contribution is 0.627. The van der Waals surface area contributed by atoms with Crippen LogP contribution in [0, 0.1) is 5.82 Å². The summed E-state index contributed by atoms with van der Waals surface area (Å²) >= 11 is 8.24. The maximum atomic E-state index is 13.1. The monoisotopic (exact) mass is 371 g/mol. The molecular weight excluding hydrogens is 352 g/mol. The minimum Gasteiger partial charge on any atom is -0.316 e. The summed E-state index contributed by atoms with van der Waals surface area (Å²) in [6.45, 7) is 4.15. The predicted molar refractivity (Wildman–Crippen MR) is 99.6 cm³/mol. The van der Waals surface area contributed by atoms with Crippen molar-refractivity contribution in [2.45, 2.75) is 29.9 Å². The Kier molecular flexibility index (Phi) is 6.78. The predicted octanol–water partition coefficient (Wildman–Crippen LogP) is 5.44. The maximum absolute atomic E-state index is 13.1. The minimum atomic E-state index is -0.196. The van der Waals surface area contributed by atoms with Crippen LogP contribution in [0.2, 0.25) is 5.02 Å². The van der Waals surface area contributed by atoms with Crippen molar-refractivity contribution < 1.29 is 4.39 Å². The molecule has 1 N–H and O–H groups in total. The van der Waals surface area contributed by atoms with Gasteiger partial charge in [-0.3, -0.25) is 0 Å². The van der Waals surface area contributed by atoms with Crippen LogP contribution in [0.4, 0.5) is 4.39 Å². The van der Waals surface area contributed by atoms with E-state index < -0.39 is 0 Å². The summed E-state index contributed by atoms with van der Waals surface area (Å²) in [7, 11) is 0. The zero-order chi connectivity index (χ0) is 15.5. The molecule has 0 saturated carbocycles. The number of benzene rings is 2.